The lowest BCUT2D eigenvalue weighted by molar-refractivity contribution is -0.0518. The van der Waals surface area contributed by atoms with Crippen LogP contribution in [0.1, 0.15) is 49.9 Å². The van der Waals surface area contributed by atoms with Crippen LogP contribution in [0.3, 0.4) is 0 Å². The van der Waals surface area contributed by atoms with Gasteiger partial charge in [-0.1, -0.05) is 6.92 Å². The maximum atomic E-state index is 3.84. The summed E-state index contributed by atoms with van der Waals surface area (Å²) in [5.41, 5.74) is 0. The van der Waals surface area contributed by atoms with Gasteiger partial charge >= 0.3 is 0 Å². The second-order valence-corrected chi connectivity index (χ2v) is 10.6. The second-order valence-electron chi connectivity index (χ2n) is 7.31. The molecule has 1 atom stereocenters. The molecule has 0 radical (unpaired) electrons. The van der Waals surface area contributed by atoms with Crippen molar-refractivity contribution >= 4 is 43.2 Å². The molecule has 1 nitrogen and oxygen atoms in total. The Morgan fingerprint density at radius 3 is 2.24 bits per heavy atom. The van der Waals surface area contributed by atoms with Crippen LogP contribution in [0.4, 0.5) is 0 Å². The first-order chi connectivity index (χ1) is 10.2. The summed E-state index contributed by atoms with van der Waals surface area (Å²) in [5.74, 6) is 4.95. The zero-order chi connectivity index (χ0) is 14.6. The lowest BCUT2D eigenvalue weighted by Gasteiger charge is -2.56. The molecule has 1 aromatic heterocycles. The van der Waals surface area contributed by atoms with Crippen molar-refractivity contribution in [1.29, 1.82) is 0 Å². The molecule has 116 valence electrons. The minimum absolute atomic E-state index is 0.567. The van der Waals surface area contributed by atoms with Gasteiger partial charge < -0.3 is 5.32 Å². The molecule has 0 amide bonds. The molecule has 4 aliphatic rings. The summed E-state index contributed by atoms with van der Waals surface area (Å²) in [7, 11) is 0. The summed E-state index contributed by atoms with van der Waals surface area (Å²) >= 11 is 9.27. The first kappa shape index (κ1) is 15.2. The van der Waals surface area contributed by atoms with Gasteiger partial charge in [-0.3, -0.25) is 0 Å². The zero-order valence-corrected chi connectivity index (χ0v) is 16.4. The maximum absolute atomic E-state index is 3.84. The Bertz CT molecular complexity index is 479. The van der Waals surface area contributed by atoms with Crippen molar-refractivity contribution in [2.45, 2.75) is 45.1 Å². The fourth-order valence-electron chi connectivity index (χ4n) is 5.67. The summed E-state index contributed by atoms with van der Waals surface area (Å²) in [6.45, 7) is 3.32. The molecule has 1 N–H and O–H groups in total. The Labute approximate surface area is 148 Å². The Balaban J connectivity index is 1.64. The summed E-state index contributed by atoms with van der Waals surface area (Å²) in [6, 6.07) is 2.91. The first-order valence-electron chi connectivity index (χ1n) is 8.33. The van der Waals surface area contributed by atoms with Gasteiger partial charge in [0, 0.05) is 15.4 Å². The molecule has 21 heavy (non-hydrogen) atoms. The zero-order valence-electron chi connectivity index (χ0n) is 12.4. The van der Waals surface area contributed by atoms with Crippen molar-refractivity contribution in [3.8, 4) is 0 Å². The molecule has 1 aromatic rings. The molecule has 0 aromatic carbocycles. The molecule has 1 unspecified atom stereocenters. The van der Waals surface area contributed by atoms with Crippen LogP contribution in [0.15, 0.2) is 14.3 Å². The number of hydrogen-bond donors (Lipinski definition) is 1. The van der Waals surface area contributed by atoms with Gasteiger partial charge in [0.1, 0.15) is 0 Å². The van der Waals surface area contributed by atoms with Crippen LogP contribution >= 0.6 is 43.2 Å². The fraction of sp³-hybridized carbons (Fsp3) is 0.765. The van der Waals surface area contributed by atoms with E-state index in [1.165, 1.54) is 38.8 Å². The smallest absolute Gasteiger partial charge is 0.0843 e. The lowest BCUT2D eigenvalue weighted by Crippen LogP contribution is -2.49. The van der Waals surface area contributed by atoms with E-state index < -0.39 is 0 Å². The van der Waals surface area contributed by atoms with Gasteiger partial charge in [0.05, 0.1) is 3.79 Å². The van der Waals surface area contributed by atoms with E-state index in [4.69, 9.17) is 0 Å². The van der Waals surface area contributed by atoms with E-state index in [1.807, 2.05) is 11.3 Å². The predicted octanol–water partition coefficient (Wildman–Crippen LogP) is 6.00. The quantitative estimate of drug-likeness (QED) is 0.615. The highest BCUT2D eigenvalue weighted by molar-refractivity contribution is 9.13. The Kier molecular flexibility index (Phi) is 4.27. The first-order valence-corrected chi connectivity index (χ1v) is 10.7. The highest BCUT2D eigenvalue weighted by Crippen LogP contribution is 2.59. The molecule has 4 fully saturated rings. The normalized spacial score (nSPS) is 38.9. The number of thiophene rings is 1. The van der Waals surface area contributed by atoms with Gasteiger partial charge in [-0.25, -0.2) is 0 Å². The lowest BCUT2D eigenvalue weighted by atomic mass is 9.50. The van der Waals surface area contributed by atoms with Crippen molar-refractivity contribution in [3.05, 3.63) is 19.2 Å². The summed E-state index contributed by atoms with van der Waals surface area (Å²) in [4.78, 5) is 1.52. The average Bonchev–Trinajstić information content (AvgIpc) is 2.76. The minimum atomic E-state index is 0.567. The molecule has 4 heteroatoms. The van der Waals surface area contributed by atoms with Crippen LogP contribution in [0.5, 0.6) is 0 Å². The molecule has 4 aliphatic carbocycles. The van der Waals surface area contributed by atoms with Gasteiger partial charge in [-0.05, 0) is 106 Å². The highest BCUT2D eigenvalue weighted by Gasteiger charge is 2.50. The number of nitrogens with one attached hydrogen (secondary N) is 1. The van der Waals surface area contributed by atoms with Gasteiger partial charge in [-0.15, -0.1) is 11.3 Å². The third-order valence-corrected chi connectivity index (χ3v) is 9.42. The molecular weight excluding hydrogens is 410 g/mol. The molecule has 4 bridgehead atoms. The molecule has 0 aliphatic heterocycles. The van der Waals surface area contributed by atoms with Crippen molar-refractivity contribution in [1.82, 2.24) is 5.32 Å². The number of halogens is 2. The average molecular weight is 433 g/mol. The Hall–Kier alpha value is 0.620. The van der Waals surface area contributed by atoms with Crippen LogP contribution in [0.25, 0.3) is 0 Å². The van der Waals surface area contributed by atoms with E-state index in [9.17, 15) is 0 Å². The maximum Gasteiger partial charge on any atom is 0.0843 e. The molecular formula is C17H23Br2NS. The number of hydrogen-bond acceptors (Lipinski definition) is 2. The highest BCUT2D eigenvalue weighted by atomic mass is 79.9. The van der Waals surface area contributed by atoms with Crippen molar-refractivity contribution in [3.63, 3.8) is 0 Å². The molecule has 1 heterocycles. The van der Waals surface area contributed by atoms with Gasteiger partial charge in [0.2, 0.25) is 0 Å². The fourth-order valence-corrected chi connectivity index (χ4v) is 7.90. The van der Waals surface area contributed by atoms with Crippen LogP contribution in [0.2, 0.25) is 0 Å². The number of rotatable bonds is 4. The summed E-state index contributed by atoms with van der Waals surface area (Å²) < 4.78 is 2.46. The SMILES string of the molecule is CCNC(c1cc(Br)c(Br)s1)C1C2CC3CC(C2)CC1C3. The third-order valence-electron chi connectivity index (χ3n) is 6.08. The van der Waals surface area contributed by atoms with E-state index >= 15 is 0 Å². The Morgan fingerprint density at radius 2 is 1.76 bits per heavy atom. The van der Waals surface area contributed by atoms with Crippen molar-refractivity contribution in [2.75, 3.05) is 6.54 Å². The largest absolute Gasteiger partial charge is 0.309 e. The molecule has 0 spiro atoms. The molecule has 5 rings (SSSR count). The van der Waals surface area contributed by atoms with Gasteiger partial charge in [0.25, 0.3) is 0 Å². The van der Waals surface area contributed by atoms with E-state index in [0.717, 1.165) is 36.1 Å². The van der Waals surface area contributed by atoms with Gasteiger partial charge in [-0.2, -0.15) is 0 Å². The van der Waals surface area contributed by atoms with Crippen LogP contribution in [0, 0.1) is 29.6 Å². The monoisotopic (exact) mass is 431 g/mol. The van der Waals surface area contributed by atoms with Crippen molar-refractivity contribution < 1.29 is 0 Å². The van der Waals surface area contributed by atoms with Crippen LogP contribution in [-0.2, 0) is 0 Å². The van der Waals surface area contributed by atoms with Crippen LogP contribution in [-0.4, -0.2) is 6.54 Å². The minimum Gasteiger partial charge on any atom is -0.309 e. The second kappa shape index (κ2) is 5.92. The van der Waals surface area contributed by atoms with E-state index in [2.05, 4.69) is 50.2 Å². The standard InChI is InChI=1S/C17H23Br2NS/c1-2-20-16(14-8-13(18)17(19)21-14)15-11-4-9-3-10(6-11)7-12(15)5-9/h8-12,15-16,20H,2-7H2,1H3. The van der Waals surface area contributed by atoms with Crippen LogP contribution < -0.4 is 5.32 Å². The van der Waals surface area contributed by atoms with E-state index in [1.54, 1.807) is 6.42 Å². The summed E-state index contributed by atoms with van der Waals surface area (Å²) in [6.07, 6.45) is 7.57. The van der Waals surface area contributed by atoms with Crippen molar-refractivity contribution in [2.24, 2.45) is 29.6 Å². The predicted molar refractivity (Wildman–Crippen MR) is 96.7 cm³/mol. The third kappa shape index (κ3) is 2.68. The molecule has 4 saturated carbocycles. The molecule has 0 saturated heterocycles. The topological polar surface area (TPSA) is 12.0 Å². The Morgan fingerprint density at radius 1 is 1.14 bits per heavy atom. The van der Waals surface area contributed by atoms with Gasteiger partial charge in [0.15, 0.2) is 0 Å². The summed E-state index contributed by atoms with van der Waals surface area (Å²) in [5, 5.41) is 3.84. The van der Waals surface area contributed by atoms with E-state index in [-0.39, 0.29) is 0 Å². The van der Waals surface area contributed by atoms with E-state index in [0.29, 0.717) is 6.04 Å².